The van der Waals surface area contributed by atoms with Crippen molar-refractivity contribution in [3.8, 4) is 5.75 Å². The number of halogens is 1. The van der Waals surface area contributed by atoms with Crippen molar-refractivity contribution in [1.29, 1.82) is 0 Å². The molecule has 2 rings (SSSR count). The largest absolute Gasteiger partial charge is 0.481 e. The Kier molecular flexibility index (Phi) is 6.89. The number of carbonyl (C=O) groups is 3. The van der Waals surface area contributed by atoms with Crippen LogP contribution >= 0.6 is 11.3 Å². The maximum absolute atomic E-state index is 13.5. The van der Waals surface area contributed by atoms with Crippen LogP contribution in [-0.4, -0.2) is 38.0 Å². The van der Waals surface area contributed by atoms with Gasteiger partial charge in [-0.2, -0.15) is 0 Å². The number of thiophene rings is 1. The van der Waals surface area contributed by atoms with Crippen molar-refractivity contribution < 1.29 is 28.2 Å². The SMILES string of the molecule is CCOC(=O)c1c(NC(=O)COc2ccccc2F)sc(C(=O)NC)c1C. The van der Waals surface area contributed by atoms with Gasteiger partial charge >= 0.3 is 5.97 Å². The zero-order valence-corrected chi connectivity index (χ0v) is 15.9. The first-order chi connectivity index (χ1) is 12.9. The summed E-state index contributed by atoms with van der Waals surface area (Å²) in [4.78, 5) is 36.7. The van der Waals surface area contributed by atoms with Gasteiger partial charge in [-0.3, -0.25) is 9.59 Å². The lowest BCUT2D eigenvalue weighted by atomic mass is 10.1. The van der Waals surface area contributed by atoms with Crippen LogP contribution in [0, 0.1) is 12.7 Å². The molecule has 2 amide bonds. The van der Waals surface area contributed by atoms with Gasteiger partial charge in [0.2, 0.25) is 0 Å². The molecular weight excluding hydrogens is 375 g/mol. The van der Waals surface area contributed by atoms with Crippen LogP contribution in [0.3, 0.4) is 0 Å². The average Bonchev–Trinajstić information content (AvgIpc) is 2.96. The third kappa shape index (κ3) is 4.82. The first-order valence-corrected chi connectivity index (χ1v) is 8.90. The summed E-state index contributed by atoms with van der Waals surface area (Å²) >= 11 is 0.952. The molecule has 1 heterocycles. The molecule has 0 saturated heterocycles. The van der Waals surface area contributed by atoms with Crippen molar-refractivity contribution in [3.05, 3.63) is 46.1 Å². The molecule has 2 N–H and O–H groups in total. The summed E-state index contributed by atoms with van der Waals surface area (Å²) in [5, 5.41) is 5.18. The van der Waals surface area contributed by atoms with Crippen LogP contribution < -0.4 is 15.4 Å². The Bertz CT molecular complexity index is 865. The van der Waals surface area contributed by atoms with Crippen LogP contribution in [0.1, 0.15) is 32.5 Å². The molecule has 0 unspecified atom stereocenters. The highest BCUT2D eigenvalue weighted by atomic mass is 32.1. The van der Waals surface area contributed by atoms with Crippen molar-refractivity contribution in [2.45, 2.75) is 13.8 Å². The van der Waals surface area contributed by atoms with Gasteiger partial charge in [0.25, 0.3) is 11.8 Å². The maximum atomic E-state index is 13.5. The highest BCUT2D eigenvalue weighted by molar-refractivity contribution is 7.18. The fraction of sp³-hybridized carbons (Fsp3) is 0.278. The van der Waals surface area contributed by atoms with E-state index in [0.717, 1.165) is 11.3 Å². The summed E-state index contributed by atoms with van der Waals surface area (Å²) in [5.74, 6) is -2.29. The Balaban J connectivity index is 2.20. The Morgan fingerprint density at radius 2 is 1.93 bits per heavy atom. The predicted octanol–water partition coefficient (Wildman–Crippen LogP) is 2.75. The maximum Gasteiger partial charge on any atom is 0.341 e. The van der Waals surface area contributed by atoms with Gasteiger partial charge in [-0.1, -0.05) is 12.1 Å². The molecule has 9 heteroatoms. The first kappa shape index (κ1) is 20.4. The fourth-order valence-electron chi connectivity index (χ4n) is 2.25. The molecule has 1 aromatic heterocycles. The number of hydrogen-bond donors (Lipinski definition) is 2. The molecule has 1 aromatic carbocycles. The molecule has 0 aliphatic carbocycles. The zero-order valence-electron chi connectivity index (χ0n) is 15.1. The molecule has 0 aliphatic heterocycles. The highest BCUT2D eigenvalue weighted by Gasteiger charge is 2.26. The summed E-state index contributed by atoms with van der Waals surface area (Å²) in [6.45, 7) is 2.93. The monoisotopic (exact) mass is 394 g/mol. The van der Waals surface area contributed by atoms with Gasteiger partial charge in [0.1, 0.15) is 5.00 Å². The van der Waals surface area contributed by atoms with E-state index in [0.29, 0.717) is 5.56 Å². The molecule has 0 radical (unpaired) electrons. The quantitative estimate of drug-likeness (QED) is 0.705. The second-order valence-electron chi connectivity index (χ2n) is 5.33. The molecule has 0 atom stereocenters. The molecule has 27 heavy (non-hydrogen) atoms. The van der Waals surface area contributed by atoms with E-state index in [1.54, 1.807) is 19.9 Å². The summed E-state index contributed by atoms with van der Waals surface area (Å²) in [6.07, 6.45) is 0. The van der Waals surface area contributed by atoms with E-state index in [1.165, 1.54) is 25.2 Å². The lowest BCUT2D eigenvalue weighted by molar-refractivity contribution is -0.118. The van der Waals surface area contributed by atoms with Crippen LogP contribution in [0.5, 0.6) is 5.75 Å². The van der Waals surface area contributed by atoms with Crippen LogP contribution in [0.25, 0.3) is 0 Å². The van der Waals surface area contributed by atoms with Gasteiger partial charge in [-0.15, -0.1) is 11.3 Å². The zero-order chi connectivity index (χ0) is 20.0. The first-order valence-electron chi connectivity index (χ1n) is 8.08. The lowest BCUT2D eigenvalue weighted by Crippen LogP contribution is -2.21. The van der Waals surface area contributed by atoms with Gasteiger partial charge < -0.3 is 20.1 Å². The minimum Gasteiger partial charge on any atom is -0.481 e. The molecule has 0 fully saturated rings. The summed E-state index contributed by atoms with van der Waals surface area (Å²) in [6, 6.07) is 5.69. The topological polar surface area (TPSA) is 93.7 Å². The molecule has 0 spiro atoms. The third-order valence-corrected chi connectivity index (χ3v) is 4.71. The van der Waals surface area contributed by atoms with Crippen LogP contribution in [0.4, 0.5) is 9.39 Å². The second-order valence-corrected chi connectivity index (χ2v) is 6.35. The lowest BCUT2D eigenvalue weighted by Gasteiger charge is -2.09. The van der Waals surface area contributed by atoms with E-state index in [1.807, 2.05) is 0 Å². The van der Waals surface area contributed by atoms with Gasteiger partial charge in [0, 0.05) is 7.05 Å². The highest BCUT2D eigenvalue weighted by Crippen LogP contribution is 2.33. The van der Waals surface area contributed by atoms with Crippen LogP contribution in [0.2, 0.25) is 0 Å². The van der Waals surface area contributed by atoms with Crippen molar-refractivity contribution in [2.24, 2.45) is 0 Å². The predicted molar refractivity (Wildman–Crippen MR) is 98.9 cm³/mol. The number of benzene rings is 1. The van der Waals surface area contributed by atoms with E-state index < -0.39 is 24.3 Å². The Morgan fingerprint density at radius 3 is 2.56 bits per heavy atom. The van der Waals surface area contributed by atoms with Gasteiger partial charge in [0.15, 0.2) is 18.2 Å². The molecule has 0 saturated carbocycles. The van der Waals surface area contributed by atoms with Crippen LogP contribution in [-0.2, 0) is 9.53 Å². The van der Waals surface area contributed by atoms with Gasteiger partial charge in [-0.25, -0.2) is 9.18 Å². The molecule has 7 nitrogen and oxygen atoms in total. The molecule has 2 aromatic rings. The standard InChI is InChI=1S/C18H19FN2O5S/c1-4-25-18(24)14-10(2)15(16(23)20-3)27-17(14)21-13(22)9-26-12-8-6-5-7-11(12)19/h5-8H,4,9H2,1-3H3,(H,20,23)(H,21,22). The number of ether oxygens (including phenoxy) is 2. The minimum atomic E-state index is -0.647. The summed E-state index contributed by atoms with van der Waals surface area (Å²) < 4.78 is 23.7. The van der Waals surface area contributed by atoms with Crippen LogP contribution in [0.15, 0.2) is 24.3 Å². The number of para-hydroxylation sites is 1. The number of amides is 2. The average molecular weight is 394 g/mol. The van der Waals surface area contributed by atoms with Crippen molar-refractivity contribution in [1.82, 2.24) is 5.32 Å². The fourth-order valence-corrected chi connectivity index (χ4v) is 3.41. The minimum absolute atomic E-state index is 0.0633. The Hall–Kier alpha value is -2.94. The van der Waals surface area contributed by atoms with Gasteiger partial charge in [-0.05, 0) is 31.5 Å². The molecule has 144 valence electrons. The second kappa shape index (κ2) is 9.13. The van der Waals surface area contributed by atoms with E-state index >= 15 is 0 Å². The summed E-state index contributed by atoms with van der Waals surface area (Å²) in [7, 11) is 1.46. The number of nitrogens with one attached hydrogen (secondary N) is 2. The molecule has 0 aliphatic rings. The van der Waals surface area contributed by atoms with Crippen molar-refractivity contribution >= 4 is 34.1 Å². The van der Waals surface area contributed by atoms with E-state index in [9.17, 15) is 18.8 Å². The number of esters is 1. The Labute approximate surface area is 159 Å². The van der Waals surface area contributed by atoms with E-state index in [-0.39, 0.29) is 33.7 Å². The van der Waals surface area contributed by atoms with Gasteiger partial charge in [0.05, 0.1) is 17.0 Å². The van der Waals surface area contributed by atoms with E-state index in [4.69, 9.17) is 9.47 Å². The smallest absolute Gasteiger partial charge is 0.341 e. The van der Waals surface area contributed by atoms with Crippen molar-refractivity contribution in [3.63, 3.8) is 0 Å². The number of carbonyl (C=O) groups excluding carboxylic acids is 3. The normalized spacial score (nSPS) is 10.2. The summed E-state index contributed by atoms with van der Waals surface area (Å²) in [5.41, 5.74) is 0.516. The number of hydrogen-bond acceptors (Lipinski definition) is 6. The number of anilines is 1. The third-order valence-electron chi connectivity index (χ3n) is 3.51. The van der Waals surface area contributed by atoms with Crippen molar-refractivity contribution in [2.75, 3.05) is 25.6 Å². The van der Waals surface area contributed by atoms with E-state index in [2.05, 4.69) is 10.6 Å². The Morgan fingerprint density at radius 1 is 1.22 bits per heavy atom. The number of rotatable bonds is 7. The molecule has 0 bridgehead atoms. The molecular formula is C18H19FN2O5S.